The van der Waals surface area contributed by atoms with Gasteiger partial charge < -0.3 is 4.90 Å². The van der Waals surface area contributed by atoms with E-state index in [0.717, 1.165) is 45.3 Å². The second-order valence-electron chi connectivity index (χ2n) is 7.44. The topological polar surface area (TPSA) is 36.4 Å². The van der Waals surface area contributed by atoms with Crippen molar-refractivity contribution < 1.29 is 4.79 Å². The standard InChI is InChI=1S/C21H23Cl2N3O/c22-19-12-16(13-20(23)24-19)21(27)26(17-6-7-17)18-8-10-25(11-9-18)14-15-4-2-1-3-5-15/h1-5,12-13,17-18H,6-11,14H2. The second-order valence-corrected chi connectivity index (χ2v) is 8.21. The van der Waals surface area contributed by atoms with E-state index in [9.17, 15) is 4.79 Å². The molecule has 0 bridgehead atoms. The van der Waals surface area contributed by atoms with Gasteiger partial charge >= 0.3 is 0 Å². The molecule has 1 amide bonds. The summed E-state index contributed by atoms with van der Waals surface area (Å²) in [5.74, 6) is 0.0326. The van der Waals surface area contributed by atoms with Crippen LogP contribution < -0.4 is 0 Å². The van der Waals surface area contributed by atoms with E-state index in [2.05, 4.69) is 39.0 Å². The van der Waals surface area contributed by atoms with Gasteiger partial charge in [0.2, 0.25) is 0 Å². The summed E-state index contributed by atoms with van der Waals surface area (Å²) >= 11 is 12.0. The zero-order chi connectivity index (χ0) is 18.8. The summed E-state index contributed by atoms with van der Waals surface area (Å²) in [5, 5.41) is 0.526. The minimum atomic E-state index is 0.0326. The van der Waals surface area contributed by atoms with Crippen molar-refractivity contribution in [3.05, 3.63) is 63.9 Å². The first kappa shape index (κ1) is 18.7. The molecule has 0 radical (unpaired) electrons. The number of hydrogen-bond acceptors (Lipinski definition) is 3. The summed E-state index contributed by atoms with van der Waals surface area (Å²) in [6.45, 7) is 2.99. The van der Waals surface area contributed by atoms with Crippen molar-refractivity contribution in [1.82, 2.24) is 14.8 Å². The van der Waals surface area contributed by atoms with Gasteiger partial charge in [-0.25, -0.2) is 4.98 Å². The number of benzene rings is 1. The molecule has 1 aromatic heterocycles. The van der Waals surface area contributed by atoms with Crippen LogP contribution in [-0.2, 0) is 6.54 Å². The monoisotopic (exact) mass is 403 g/mol. The lowest BCUT2D eigenvalue weighted by Crippen LogP contribution is -2.48. The van der Waals surface area contributed by atoms with Crippen LogP contribution in [0.15, 0.2) is 42.5 Å². The highest BCUT2D eigenvalue weighted by molar-refractivity contribution is 6.33. The number of aromatic nitrogens is 1. The summed E-state index contributed by atoms with van der Waals surface area (Å²) in [7, 11) is 0. The van der Waals surface area contributed by atoms with Crippen LogP contribution in [0.5, 0.6) is 0 Å². The van der Waals surface area contributed by atoms with Gasteiger partial charge in [0, 0.05) is 37.3 Å². The Kier molecular flexibility index (Phi) is 5.67. The molecule has 1 aliphatic heterocycles. The van der Waals surface area contributed by atoms with E-state index < -0.39 is 0 Å². The molecule has 2 heterocycles. The van der Waals surface area contributed by atoms with Gasteiger partial charge in [-0.2, -0.15) is 0 Å². The molecule has 0 atom stereocenters. The Bertz CT molecular complexity index is 782. The van der Waals surface area contributed by atoms with Crippen molar-refractivity contribution in [1.29, 1.82) is 0 Å². The summed E-state index contributed by atoms with van der Waals surface area (Å²) in [6.07, 6.45) is 4.17. The molecule has 0 N–H and O–H groups in total. The summed E-state index contributed by atoms with van der Waals surface area (Å²) < 4.78 is 0. The molecule has 6 heteroatoms. The summed E-state index contributed by atoms with van der Waals surface area (Å²) in [4.78, 5) is 21.7. The van der Waals surface area contributed by atoms with Crippen LogP contribution >= 0.6 is 23.2 Å². The third-order valence-electron chi connectivity index (χ3n) is 5.38. The highest BCUT2D eigenvalue weighted by Crippen LogP contribution is 2.34. The van der Waals surface area contributed by atoms with E-state index in [-0.39, 0.29) is 22.3 Å². The van der Waals surface area contributed by atoms with Crippen molar-refractivity contribution in [2.45, 2.75) is 44.3 Å². The van der Waals surface area contributed by atoms with Gasteiger partial charge in [-0.3, -0.25) is 9.69 Å². The number of rotatable bonds is 5. The highest BCUT2D eigenvalue weighted by Gasteiger charge is 2.39. The maximum absolute atomic E-state index is 13.2. The van der Waals surface area contributed by atoms with Gasteiger partial charge in [0.15, 0.2) is 0 Å². The molecule has 0 spiro atoms. The molecule has 27 heavy (non-hydrogen) atoms. The average molecular weight is 404 g/mol. The number of halogens is 2. The molecular formula is C21H23Cl2N3O. The van der Waals surface area contributed by atoms with Crippen LogP contribution in [0.2, 0.25) is 10.3 Å². The van der Waals surface area contributed by atoms with Crippen LogP contribution in [0.25, 0.3) is 0 Å². The van der Waals surface area contributed by atoms with Gasteiger partial charge in [-0.15, -0.1) is 0 Å². The number of carbonyl (C=O) groups excluding carboxylic acids is 1. The lowest BCUT2D eigenvalue weighted by atomic mass is 10.0. The Morgan fingerprint density at radius 2 is 1.59 bits per heavy atom. The van der Waals surface area contributed by atoms with Gasteiger partial charge in [0.05, 0.1) is 0 Å². The third kappa shape index (κ3) is 4.63. The Hall–Kier alpha value is -1.62. The van der Waals surface area contributed by atoms with Crippen LogP contribution in [0, 0.1) is 0 Å². The first-order valence-corrected chi connectivity index (χ1v) is 10.3. The van der Waals surface area contributed by atoms with Crippen molar-refractivity contribution in [3.63, 3.8) is 0 Å². The molecular weight excluding hydrogens is 381 g/mol. The number of nitrogens with zero attached hydrogens (tertiary/aromatic N) is 3. The second kappa shape index (κ2) is 8.17. The van der Waals surface area contributed by atoms with Crippen LogP contribution in [0.3, 0.4) is 0 Å². The molecule has 0 unspecified atom stereocenters. The fourth-order valence-electron chi connectivity index (χ4n) is 3.92. The van der Waals surface area contributed by atoms with Crippen molar-refractivity contribution in [2.75, 3.05) is 13.1 Å². The first-order chi connectivity index (χ1) is 13.1. The molecule has 142 valence electrons. The van der Waals surface area contributed by atoms with Crippen molar-refractivity contribution in [2.24, 2.45) is 0 Å². The Labute approximate surface area is 170 Å². The zero-order valence-electron chi connectivity index (χ0n) is 15.2. The van der Waals surface area contributed by atoms with E-state index in [4.69, 9.17) is 23.2 Å². The van der Waals surface area contributed by atoms with Crippen molar-refractivity contribution in [3.8, 4) is 0 Å². The summed E-state index contributed by atoms with van der Waals surface area (Å²) in [5.41, 5.74) is 1.88. The Morgan fingerprint density at radius 3 is 2.19 bits per heavy atom. The smallest absolute Gasteiger partial charge is 0.254 e. The maximum Gasteiger partial charge on any atom is 0.254 e. The SMILES string of the molecule is O=C(c1cc(Cl)nc(Cl)c1)N(C1CC1)C1CCN(Cc2ccccc2)CC1. The number of carbonyl (C=O) groups is 1. The quantitative estimate of drug-likeness (QED) is 0.681. The maximum atomic E-state index is 13.2. The molecule has 1 saturated carbocycles. The fraction of sp³-hybridized carbons (Fsp3) is 0.429. The minimum absolute atomic E-state index is 0.0326. The number of pyridine rings is 1. The van der Waals surface area contributed by atoms with Crippen molar-refractivity contribution >= 4 is 29.1 Å². The number of likely N-dealkylation sites (tertiary alicyclic amines) is 1. The van der Waals surface area contributed by atoms with E-state index in [1.807, 2.05) is 6.07 Å². The predicted octanol–water partition coefficient (Wildman–Crippen LogP) is 4.66. The number of hydrogen-bond donors (Lipinski definition) is 0. The number of piperidine rings is 1. The molecule has 4 rings (SSSR count). The molecule has 4 nitrogen and oxygen atoms in total. The zero-order valence-corrected chi connectivity index (χ0v) is 16.7. The molecule has 1 aromatic carbocycles. The lowest BCUT2D eigenvalue weighted by Gasteiger charge is -2.39. The molecule has 2 fully saturated rings. The Morgan fingerprint density at radius 1 is 1.00 bits per heavy atom. The lowest BCUT2D eigenvalue weighted by molar-refractivity contribution is 0.0542. The molecule has 2 aliphatic rings. The minimum Gasteiger partial charge on any atom is -0.333 e. The summed E-state index contributed by atoms with van der Waals surface area (Å²) in [6, 6.07) is 14.4. The molecule has 1 saturated heterocycles. The van der Waals surface area contributed by atoms with Crippen LogP contribution in [0.1, 0.15) is 41.6 Å². The van der Waals surface area contributed by atoms with Gasteiger partial charge in [0.1, 0.15) is 10.3 Å². The molecule has 2 aromatic rings. The van der Waals surface area contributed by atoms with Gasteiger partial charge in [-0.1, -0.05) is 53.5 Å². The van der Waals surface area contributed by atoms with Crippen LogP contribution in [0.4, 0.5) is 0 Å². The fourth-order valence-corrected chi connectivity index (χ4v) is 4.38. The van der Waals surface area contributed by atoms with Crippen LogP contribution in [-0.4, -0.2) is 45.9 Å². The highest BCUT2D eigenvalue weighted by atomic mass is 35.5. The van der Waals surface area contributed by atoms with E-state index >= 15 is 0 Å². The largest absolute Gasteiger partial charge is 0.333 e. The normalized spacial score (nSPS) is 18.4. The van der Waals surface area contributed by atoms with E-state index in [1.165, 1.54) is 5.56 Å². The first-order valence-electron chi connectivity index (χ1n) is 9.52. The van der Waals surface area contributed by atoms with E-state index in [0.29, 0.717) is 11.6 Å². The van der Waals surface area contributed by atoms with Gasteiger partial charge in [-0.05, 0) is 43.4 Å². The number of amides is 1. The molecule has 1 aliphatic carbocycles. The van der Waals surface area contributed by atoms with Gasteiger partial charge in [0.25, 0.3) is 5.91 Å². The average Bonchev–Trinajstić information content (AvgIpc) is 3.48. The van der Waals surface area contributed by atoms with E-state index in [1.54, 1.807) is 12.1 Å². The Balaban J connectivity index is 1.42. The third-order valence-corrected chi connectivity index (χ3v) is 5.77. The predicted molar refractivity (Wildman–Crippen MR) is 108 cm³/mol.